The normalized spacial score (nSPS) is 17.4. The summed E-state index contributed by atoms with van der Waals surface area (Å²) in [5.41, 5.74) is 8.25. The number of nitrogens with two attached hydrogens (primary N) is 1. The number of benzene rings is 1. The largest absolute Gasteiger partial charge is 0.389 e. The van der Waals surface area contributed by atoms with Gasteiger partial charge in [0.1, 0.15) is 4.99 Å². The Balaban J connectivity index is 2.15. The number of nitrogens with one attached hydrogen (secondary N) is 1. The van der Waals surface area contributed by atoms with E-state index in [-0.39, 0.29) is 5.41 Å². The van der Waals surface area contributed by atoms with Gasteiger partial charge in [0.05, 0.1) is 0 Å². The van der Waals surface area contributed by atoms with Crippen molar-refractivity contribution < 1.29 is 4.74 Å². The second-order valence-corrected chi connectivity index (χ2v) is 7.50. The Kier molecular flexibility index (Phi) is 5.90. The molecular weight excluding hydrogens is 300 g/mol. The van der Waals surface area contributed by atoms with Crippen molar-refractivity contribution in [2.75, 3.05) is 30.8 Å². The van der Waals surface area contributed by atoms with Gasteiger partial charge in [-0.2, -0.15) is 0 Å². The van der Waals surface area contributed by atoms with Gasteiger partial charge in [0.2, 0.25) is 0 Å². The highest BCUT2D eigenvalue weighted by Gasteiger charge is 2.27. The van der Waals surface area contributed by atoms with Crippen LogP contribution < -0.4 is 11.1 Å². The maximum absolute atomic E-state index is 5.95. The van der Waals surface area contributed by atoms with Crippen LogP contribution in [-0.2, 0) is 4.74 Å². The van der Waals surface area contributed by atoms with Crippen LogP contribution in [0.2, 0.25) is 0 Å². The van der Waals surface area contributed by atoms with Gasteiger partial charge in [0.15, 0.2) is 0 Å². The Hall–Kier alpha value is -0.780. The predicted octanol–water partition coefficient (Wildman–Crippen LogP) is 3.66. The molecule has 0 saturated carbocycles. The number of thioether (sulfide) groups is 1. The van der Waals surface area contributed by atoms with E-state index in [9.17, 15) is 0 Å². The first-order chi connectivity index (χ1) is 10.1. The summed E-state index contributed by atoms with van der Waals surface area (Å²) in [6, 6.07) is 6.22. The van der Waals surface area contributed by atoms with E-state index < -0.39 is 0 Å². The first kappa shape index (κ1) is 16.6. The number of hydrogen-bond donors (Lipinski definition) is 2. The van der Waals surface area contributed by atoms with Gasteiger partial charge < -0.3 is 15.8 Å². The third-order valence-electron chi connectivity index (χ3n) is 3.98. The molecule has 1 aliphatic rings. The second kappa shape index (κ2) is 7.47. The van der Waals surface area contributed by atoms with Crippen molar-refractivity contribution in [3.8, 4) is 0 Å². The van der Waals surface area contributed by atoms with Gasteiger partial charge in [0, 0.05) is 35.9 Å². The van der Waals surface area contributed by atoms with Crippen molar-refractivity contribution in [1.29, 1.82) is 0 Å². The minimum absolute atomic E-state index is 0.277. The minimum Gasteiger partial charge on any atom is -0.389 e. The molecule has 0 radical (unpaired) electrons. The molecule has 1 aliphatic heterocycles. The molecule has 1 aromatic rings. The van der Waals surface area contributed by atoms with Crippen LogP contribution in [0.15, 0.2) is 23.1 Å². The standard InChI is InChI=1S/C16H24N2OS2/c1-3-21-13-6-4-5-12(14(13)15(17)20)18-11-16(2)7-9-19-10-8-16/h4-6,18H,3,7-11H2,1-2H3,(H2,17,20). The van der Waals surface area contributed by atoms with Crippen molar-refractivity contribution in [2.45, 2.75) is 31.6 Å². The Morgan fingerprint density at radius 1 is 1.43 bits per heavy atom. The average molecular weight is 325 g/mol. The summed E-state index contributed by atoms with van der Waals surface area (Å²) in [5.74, 6) is 1.01. The van der Waals surface area contributed by atoms with Gasteiger partial charge in [-0.05, 0) is 36.1 Å². The van der Waals surface area contributed by atoms with E-state index in [0.29, 0.717) is 4.99 Å². The molecule has 0 aliphatic carbocycles. The topological polar surface area (TPSA) is 47.3 Å². The van der Waals surface area contributed by atoms with E-state index in [1.165, 1.54) is 0 Å². The zero-order valence-electron chi connectivity index (χ0n) is 12.8. The third kappa shape index (κ3) is 4.34. The second-order valence-electron chi connectivity index (χ2n) is 5.75. The van der Waals surface area contributed by atoms with E-state index in [1.54, 1.807) is 11.8 Å². The summed E-state index contributed by atoms with van der Waals surface area (Å²) in [6.07, 6.45) is 2.18. The fourth-order valence-electron chi connectivity index (χ4n) is 2.56. The highest BCUT2D eigenvalue weighted by Crippen LogP contribution is 2.32. The van der Waals surface area contributed by atoms with Crippen LogP contribution >= 0.6 is 24.0 Å². The summed E-state index contributed by atoms with van der Waals surface area (Å²) >= 11 is 7.03. The van der Waals surface area contributed by atoms with Crippen molar-refractivity contribution in [3.63, 3.8) is 0 Å². The van der Waals surface area contributed by atoms with Gasteiger partial charge >= 0.3 is 0 Å². The van der Waals surface area contributed by atoms with Crippen LogP contribution in [0.4, 0.5) is 5.69 Å². The molecule has 0 atom stereocenters. The molecule has 5 heteroatoms. The van der Waals surface area contributed by atoms with E-state index in [0.717, 1.165) is 54.5 Å². The Bertz CT molecular complexity index is 499. The van der Waals surface area contributed by atoms with E-state index in [1.807, 2.05) is 0 Å². The zero-order chi connectivity index (χ0) is 15.3. The Labute approximate surface area is 137 Å². The van der Waals surface area contributed by atoms with Crippen molar-refractivity contribution >= 4 is 34.7 Å². The molecule has 116 valence electrons. The van der Waals surface area contributed by atoms with Crippen molar-refractivity contribution in [1.82, 2.24) is 0 Å². The quantitative estimate of drug-likeness (QED) is 0.618. The first-order valence-corrected chi connectivity index (χ1v) is 8.82. The van der Waals surface area contributed by atoms with Crippen LogP contribution in [0.25, 0.3) is 0 Å². The molecule has 0 bridgehead atoms. The number of anilines is 1. The molecule has 1 aromatic carbocycles. The van der Waals surface area contributed by atoms with Gasteiger partial charge in [-0.3, -0.25) is 0 Å². The van der Waals surface area contributed by atoms with E-state index >= 15 is 0 Å². The highest BCUT2D eigenvalue weighted by atomic mass is 32.2. The molecule has 0 aromatic heterocycles. The molecule has 1 heterocycles. The van der Waals surface area contributed by atoms with Crippen molar-refractivity contribution in [2.24, 2.45) is 11.1 Å². The van der Waals surface area contributed by atoms with Crippen LogP contribution in [0.3, 0.4) is 0 Å². The molecule has 3 N–H and O–H groups in total. The summed E-state index contributed by atoms with van der Waals surface area (Å²) in [7, 11) is 0. The maximum Gasteiger partial charge on any atom is 0.107 e. The van der Waals surface area contributed by atoms with Crippen LogP contribution in [0.5, 0.6) is 0 Å². The molecule has 0 spiro atoms. The molecule has 21 heavy (non-hydrogen) atoms. The molecule has 0 amide bonds. The smallest absolute Gasteiger partial charge is 0.107 e. The molecule has 3 nitrogen and oxygen atoms in total. The Morgan fingerprint density at radius 2 is 2.14 bits per heavy atom. The lowest BCUT2D eigenvalue weighted by Crippen LogP contribution is -2.33. The highest BCUT2D eigenvalue weighted by molar-refractivity contribution is 7.99. The number of hydrogen-bond acceptors (Lipinski definition) is 4. The average Bonchev–Trinajstić information content (AvgIpc) is 2.46. The molecular formula is C16H24N2OS2. The van der Waals surface area contributed by atoms with Crippen molar-refractivity contribution in [3.05, 3.63) is 23.8 Å². The minimum atomic E-state index is 0.277. The number of rotatable bonds is 6. The lowest BCUT2D eigenvalue weighted by atomic mass is 9.82. The van der Waals surface area contributed by atoms with E-state index in [2.05, 4.69) is 37.4 Å². The lowest BCUT2D eigenvalue weighted by Gasteiger charge is -2.34. The van der Waals surface area contributed by atoms with Crippen LogP contribution in [-0.4, -0.2) is 30.5 Å². The number of thiocarbonyl (C=S) groups is 1. The van der Waals surface area contributed by atoms with Gasteiger partial charge in [-0.15, -0.1) is 11.8 Å². The maximum atomic E-state index is 5.95. The van der Waals surface area contributed by atoms with Gasteiger partial charge in [-0.25, -0.2) is 0 Å². The molecule has 2 rings (SSSR count). The summed E-state index contributed by atoms with van der Waals surface area (Å²) in [5, 5.41) is 3.57. The van der Waals surface area contributed by atoms with Gasteiger partial charge in [-0.1, -0.05) is 32.1 Å². The van der Waals surface area contributed by atoms with Crippen LogP contribution in [0, 0.1) is 5.41 Å². The Morgan fingerprint density at radius 3 is 2.76 bits per heavy atom. The van der Waals surface area contributed by atoms with Gasteiger partial charge in [0.25, 0.3) is 0 Å². The monoisotopic (exact) mass is 324 g/mol. The van der Waals surface area contributed by atoms with Crippen LogP contribution in [0.1, 0.15) is 32.3 Å². The summed E-state index contributed by atoms with van der Waals surface area (Å²) in [6.45, 7) is 7.08. The first-order valence-electron chi connectivity index (χ1n) is 7.43. The molecule has 1 saturated heterocycles. The molecule has 1 fully saturated rings. The predicted molar refractivity (Wildman–Crippen MR) is 95.4 cm³/mol. The summed E-state index contributed by atoms with van der Waals surface area (Å²) < 4.78 is 5.46. The third-order valence-corrected chi connectivity index (χ3v) is 5.12. The fourth-order valence-corrected chi connectivity index (χ4v) is 3.69. The lowest BCUT2D eigenvalue weighted by molar-refractivity contribution is 0.0300. The number of ether oxygens (including phenoxy) is 1. The molecule has 0 unspecified atom stereocenters. The van der Waals surface area contributed by atoms with E-state index in [4.69, 9.17) is 22.7 Å². The zero-order valence-corrected chi connectivity index (χ0v) is 14.4. The summed E-state index contributed by atoms with van der Waals surface area (Å²) in [4.78, 5) is 1.62. The fraction of sp³-hybridized carbons (Fsp3) is 0.562. The SMILES string of the molecule is CCSc1cccc(NCC2(C)CCOCC2)c1C(N)=S.